The highest BCUT2D eigenvalue weighted by Gasteiger charge is 2.22. The number of halogens is 1. The number of hydrogen-bond donors (Lipinski definition) is 1. The van der Waals surface area contributed by atoms with E-state index in [0.29, 0.717) is 10.4 Å². The summed E-state index contributed by atoms with van der Waals surface area (Å²) in [6, 6.07) is 11.8. The van der Waals surface area contributed by atoms with Gasteiger partial charge in [-0.2, -0.15) is 0 Å². The Morgan fingerprint density at radius 3 is 2.89 bits per heavy atom. The van der Waals surface area contributed by atoms with E-state index in [-0.39, 0.29) is 11.9 Å². The van der Waals surface area contributed by atoms with Crippen LogP contribution in [0.3, 0.4) is 0 Å². The molecule has 2 aromatic rings. The minimum Gasteiger partial charge on any atom is -0.444 e. The molecule has 4 heteroatoms. The molecule has 98 valence electrons. The average Bonchev–Trinajstić information content (AvgIpc) is 2.86. The summed E-state index contributed by atoms with van der Waals surface area (Å²) in [5.41, 5.74) is 2.56. The van der Waals surface area contributed by atoms with Crippen molar-refractivity contribution < 1.29 is 9.21 Å². The summed E-state index contributed by atoms with van der Waals surface area (Å²) in [5.74, 6) is 0.183. The van der Waals surface area contributed by atoms with Crippen molar-refractivity contribution in [1.29, 1.82) is 0 Å². The van der Waals surface area contributed by atoms with Gasteiger partial charge in [0.15, 0.2) is 10.4 Å². The van der Waals surface area contributed by atoms with Gasteiger partial charge in [-0.05, 0) is 58.5 Å². The lowest BCUT2D eigenvalue weighted by Crippen LogP contribution is -2.30. The number of carbonyl (C=O) groups is 1. The van der Waals surface area contributed by atoms with E-state index in [2.05, 4.69) is 33.4 Å². The molecule has 0 saturated heterocycles. The van der Waals surface area contributed by atoms with Crippen molar-refractivity contribution in [2.75, 3.05) is 0 Å². The summed E-state index contributed by atoms with van der Waals surface area (Å²) in [6.45, 7) is 0. The van der Waals surface area contributed by atoms with Crippen LogP contribution in [0.15, 0.2) is 45.5 Å². The predicted octanol–water partition coefficient (Wildman–Crippen LogP) is 3.85. The van der Waals surface area contributed by atoms with Crippen LogP contribution in [0.4, 0.5) is 0 Å². The third-order valence-corrected chi connectivity index (χ3v) is 3.90. The van der Waals surface area contributed by atoms with Gasteiger partial charge in [0.25, 0.3) is 5.91 Å². The molecule has 1 aliphatic rings. The second-order valence-electron chi connectivity index (χ2n) is 4.72. The maximum absolute atomic E-state index is 12.1. The first-order chi connectivity index (χ1) is 9.24. The maximum Gasteiger partial charge on any atom is 0.287 e. The highest BCUT2D eigenvalue weighted by molar-refractivity contribution is 9.10. The Labute approximate surface area is 120 Å². The average molecular weight is 320 g/mol. The number of rotatable bonds is 2. The van der Waals surface area contributed by atoms with Gasteiger partial charge < -0.3 is 9.73 Å². The molecule has 1 heterocycles. The van der Waals surface area contributed by atoms with Crippen LogP contribution in [0.25, 0.3) is 0 Å². The lowest BCUT2D eigenvalue weighted by Gasteiger charge is -2.25. The fourth-order valence-corrected chi connectivity index (χ4v) is 2.88. The van der Waals surface area contributed by atoms with E-state index in [4.69, 9.17) is 4.42 Å². The molecule has 0 fully saturated rings. The minimum atomic E-state index is -0.160. The van der Waals surface area contributed by atoms with E-state index in [9.17, 15) is 4.79 Å². The normalized spacial score (nSPS) is 17.8. The van der Waals surface area contributed by atoms with Gasteiger partial charge >= 0.3 is 0 Å². The Morgan fingerprint density at radius 1 is 1.26 bits per heavy atom. The van der Waals surface area contributed by atoms with Gasteiger partial charge in [-0.1, -0.05) is 24.3 Å². The molecule has 1 amide bonds. The van der Waals surface area contributed by atoms with Gasteiger partial charge in [-0.3, -0.25) is 4.79 Å². The van der Waals surface area contributed by atoms with Crippen LogP contribution in [0, 0.1) is 0 Å². The molecule has 0 radical (unpaired) electrons. The summed E-state index contributed by atoms with van der Waals surface area (Å²) >= 11 is 3.20. The van der Waals surface area contributed by atoms with E-state index in [1.165, 1.54) is 11.1 Å². The lowest BCUT2D eigenvalue weighted by molar-refractivity contribution is 0.0903. The van der Waals surface area contributed by atoms with E-state index in [1.54, 1.807) is 12.1 Å². The number of nitrogens with one attached hydrogen (secondary N) is 1. The number of benzene rings is 1. The predicted molar refractivity (Wildman–Crippen MR) is 76.0 cm³/mol. The second kappa shape index (κ2) is 5.21. The summed E-state index contributed by atoms with van der Waals surface area (Å²) in [5, 5.41) is 3.05. The third-order valence-electron chi connectivity index (χ3n) is 3.47. The Balaban J connectivity index is 1.79. The van der Waals surface area contributed by atoms with Crippen LogP contribution >= 0.6 is 15.9 Å². The zero-order valence-electron chi connectivity index (χ0n) is 10.4. The standard InChI is InChI=1S/C15H14BrNO2/c16-14-9-8-13(19-14)15(18)17-12-7-3-5-10-4-1-2-6-11(10)12/h1-2,4,6,8-9,12H,3,5,7H2,(H,17,18)/t12-/m1/s1. The van der Waals surface area contributed by atoms with Crippen LogP contribution in [-0.2, 0) is 6.42 Å². The quantitative estimate of drug-likeness (QED) is 0.913. The number of hydrogen-bond acceptors (Lipinski definition) is 2. The van der Waals surface area contributed by atoms with Gasteiger partial charge in [-0.25, -0.2) is 0 Å². The zero-order chi connectivity index (χ0) is 13.2. The second-order valence-corrected chi connectivity index (χ2v) is 5.50. The van der Waals surface area contributed by atoms with Crippen molar-refractivity contribution in [3.05, 3.63) is 58.0 Å². The van der Waals surface area contributed by atoms with Gasteiger partial charge in [0.2, 0.25) is 0 Å². The topological polar surface area (TPSA) is 42.2 Å². The molecule has 0 unspecified atom stereocenters. The van der Waals surface area contributed by atoms with E-state index in [1.807, 2.05) is 12.1 Å². The highest BCUT2D eigenvalue weighted by Crippen LogP contribution is 2.29. The van der Waals surface area contributed by atoms with Crippen LogP contribution < -0.4 is 5.32 Å². The summed E-state index contributed by atoms with van der Waals surface area (Å²) in [6.07, 6.45) is 3.17. The summed E-state index contributed by atoms with van der Waals surface area (Å²) in [7, 11) is 0. The van der Waals surface area contributed by atoms with Crippen molar-refractivity contribution in [3.63, 3.8) is 0 Å². The summed E-state index contributed by atoms with van der Waals surface area (Å²) < 4.78 is 5.85. The number of carbonyl (C=O) groups excluding carboxylic acids is 1. The van der Waals surface area contributed by atoms with Crippen LogP contribution in [0.2, 0.25) is 0 Å². The molecule has 1 aliphatic carbocycles. The van der Waals surface area contributed by atoms with Gasteiger partial charge in [-0.15, -0.1) is 0 Å². The van der Waals surface area contributed by atoms with E-state index >= 15 is 0 Å². The Morgan fingerprint density at radius 2 is 2.11 bits per heavy atom. The third kappa shape index (κ3) is 2.59. The van der Waals surface area contributed by atoms with Crippen molar-refractivity contribution in [2.24, 2.45) is 0 Å². The molecule has 0 spiro atoms. The van der Waals surface area contributed by atoms with Crippen LogP contribution in [-0.4, -0.2) is 5.91 Å². The first-order valence-electron chi connectivity index (χ1n) is 6.38. The highest BCUT2D eigenvalue weighted by atomic mass is 79.9. The number of aryl methyl sites for hydroxylation is 1. The SMILES string of the molecule is O=C(N[C@@H]1CCCc2ccccc21)c1ccc(Br)o1. The minimum absolute atomic E-state index is 0.0846. The monoisotopic (exact) mass is 319 g/mol. The van der Waals surface area contributed by atoms with E-state index in [0.717, 1.165) is 19.3 Å². The first kappa shape index (κ1) is 12.5. The van der Waals surface area contributed by atoms with Crippen molar-refractivity contribution in [3.8, 4) is 0 Å². The molecule has 1 N–H and O–H groups in total. The maximum atomic E-state index is 12.1. The number of furan rings is 1. The molecule has 3 nitrogen and oxygen atoms in total. The Kier molecular flexibility index (Phi) is 3.42. The molecule has 1 aromatic carbocycles. The van der Waals surface area contributed by atoms with E-state index < -0.39 is 0 Å². The number of amides is 1. The largest absolute Gasteiger partial charge is 0.444 e. The molecule has 3 rings (SSSR count). The molecule has 1 aromatic heterocycles. The van der Waals surface area contributed by atoms with Gasteiger partial charge in [0.1, 0.15) is 0 Å². The Bertz CT molecular complexity index is 606. The van der Waals surface area contributed by atoms with Crippen molar-refractivity contribution >= 4 is 21.8 Å². The Hall–Kier alpha value is -1.55. The molecule has 19 heavy (non-hydrogen) atoms. The van der Waals surface area contributed by atoms with Crippen LogP contribution in [0.5, 0.6) is 0 Å². The van der Waals surface area contributed by atoms with Gasteiger partial charge in [0, 0.05) is 0 Å². The molecule has 0 aliphatic heterocycles. The molecule has 1 atom stereocenters. The molecular formula is C15H14BrNO2. The number of fused-ring (bicyclic) bond motifs is 1. The smallest absolute Gasteiger partial charge is 0.287 e. The fourth-order valence-electron chi connectivity index (χ4n) is 2.57. The van der Waals surface area contributed by atoms with Gasteiger partial charge in [0.05, 0.1) is 6.04 Å². The molecular weight excluding hydrogens is 306 g/mol. The lowest BCUT2D eigenvalue weighted by atomic mass is 9.88. The fraction of sp³-hybridized carbons (Fsp3) is 0.267. The van der Waals surface area contributed by atoms with Crippen molar-refractivity contribution in [1.82, 2.24) is 5.32 Å². The molecule has 0 saturated carbocycles. The zero-order valence-corrected chi connectivity index (χ0v) is 11.9. The molecule has 0 bridgehead atoms. The van der Waals surface area contributed by atoms with Crippen molar-refractivity contribution in [2.45, 2.75) is 25.3 Å². The summed E-state index contributed by atoms with van der Waals surface area (Å²) in [4.78, 5) is 12.1. The first-order valence-corrected chi connectivity index (χ1v) is 7.17. The van der Waals surface area contributed by atoms with Crippen LogP contribution in [0.1, 0.15) is 40.6 Å².